The van der Waals surface area contributed by atoms with Crippen LogP contribution < -0.4 is 10.1 Å². The third kappa shape index (κ3) is 3.39. The average Bonchev–Trinajstić information content (AvgIpc) is 2.41. The Morgan fingerprint density at radius 2 is 1.84 bits per heavy atom. The molecule has 2 aromatic carbocycles. The van der Waals surface area contributed by atoms with E-state index in [-0.39, 0.29) is 5.17 Å². The van der Waals surface area contributed by atoms with Crippen molar-refractivity contribution in [1.29, 1.82) is 0 Å². The lowest BCUT2D eigenvalue weighted by atomic mass is 10.0. The summed E-state index contributed by atoms with van der Waals surface area (Å²) in [7, 11) is 0. The number of aryl methyl sites for hydroxylation is 1. The van der Waals surface area contributed by atoms with E-state index < -0.39 is 0 Å². The Hall–Kier alpha value is -2.20. The maximum Gasteiger partial charge on any atom is 0.268 e. The summed E-state index contributed by atoms with van der Waals surface area (Å²) in [4.78, 5) is 10.3. The van der Waals surface area contributed by atoms with E-state index in [1.54, 1.807) is 0 Å². The molecule has 2 rings (SSSR count). The van der Waals surface area contributed by atoms with Crippen LogP contribution in [0.3, 0.4) is 0 Å². The van der Waals surface area contributed by atoms with Crippen molar-refractivity contribution in [1.82, 2.24) is 5.32 Å². The molecule has 0 aromatic heterocycles. The highest BCUT2D eigenvalue weighted by atomic mass is 32.1. The normalized spacial score (nSPS) is 9.74. The monoisotopic (exact) mass is 271 g/mol. The number of carbonyl (C=O) groups excluding carboxylic acids is 1. The first-order valence-corrected chi connectivity index (χ1v) is 6.19. The van der Waals surface area contributed by atoms with Gasteiger partial charge in [-0.15, -0.1) is 0 Å². The maximum absolute atomic E-state index is 10.3. The number of carbonyl (C=O) groups is 1. The van der Waals surface area contributed by atoms with Gasteiger partial charge in [-0.2, -0.15) is 0 Å². The van der Waals surface area contributed by atoms with Crippen molar-refractivity contribution in [2.45, 2.75) is 6.92 Å². The smallest absolute Gasteiger partial charge is 0.268 e. The van der Waals surface area contributed by atoms with E-state index in [2.05, 4.69) is 5.32 Å². The molecule has 0 atom stereocenters. The lowest BCUT2D eigenvalue weighted by Gasteiger charge is -2.11. The van der Waals surface area contributed by atoms with Gasteiger partial charge in [-0.05, 0) is 30.8 Å². The molecule has 96 valence electrons. The number of amides is 1. The Balaban J connectivity index is 2.33. The number of ether oxygens (including phenoxy) is 1. The van der Waals surface area contributed by atoms with Gasteiger partial charge >= 0.3 is 0 Å². The van der Waals surface area contributed by atoms with Crippen molar-refractivity contribution in [2.24, 2.45) is 0 Å². The first-order chi connectivity index (χ1) is 9.20. The van der Waals surface area contributed by atoms with E-state index in [1.165, 1.54) is 5.56 Å². The lowest BCUT2D eigenvalue weighted by molar-refractivity contribution is -0.108. The molecule has 19 heavy (non-hydrogen) atoms. The summed E-state index contributed by atoms with van der Waals surface area (Å²) in [5.41, 5.74) is 3.16. The summed E-state index contributed by atoms with van der Waals surface area (Å²) in [6.07, 6.45) is 0.497. The van der Waals surface area contributed by atoms with Gasteiger partial charge in [0.05, 0.1) is 0 Å². The number of rotatable bonds is 3. The lowest BCUT2D eigenvalue weighted by Crippen LogP contribution is -2.24. The molecule has 3 nitrogen and oxygen atoms in total. The number of hydrogen-bond donors (Lipinski definition) is 1. The quantitative estimate of drug-likeness (QED) is 0.688. The van der Waals surface area contributed by atoms with Crippen LogP contribution in [-0.4, -0.2) is 11.6 Å². The molecular weight excluding hydrogens is 258 g/mol. The molecule has 0 unspecified atom stereocenters. The Kier molecular flexibility index (Phi) is 4.26. The second-order valence-corrected chi connectivity index (χ2v) is 4.38. The molecular formula is C15H13NO2S. The predicted octanol–water partition coefficient (Wildman–Crippen LogP) is 3.07. The Morgan fingerprint density at radius 3 is 2.53 bits per heavy atom. The number of nitrogens with one attached hydrogen (secondary N) is 1. The van der Waals surface area contributed by atoms with Crippen LogP contribution in [0.5, 0.6) is 5.75 Å². The first-order valence-electron chi connectivity index (χ1n) is 5.79. The molecule has 4 heteroatoms. The fourth-order valence-electron chi connectivity index (χ4n) is 1.70. The molecule has 0 aliphatic heterocycles. The van der Waals surface area contributed by atoms with Crippen molar-refractivity contribution >= 4 is 23.8 Å². The number of benzene rings is 2. The molecule has 1 N–H and O–H groups in total. The minimum Gasteiger partial charge on any atom is -0.431 e. The highest BCUT2D eigenvalue weighted by Gasteiger charge is 2.07. The van der Waals surface area contributed by atoms with Gasteiger partial charge in [0.2, 0.25) is 6.41 Å². The Bertz CT molecular complexity index is 593. The van der Waals surface area contributed by atoms with Gasteiger partial charge in [0.15, 0.2) is 0 Å². The number of hydrogen-bond acceptors (Lipinski definition) is 3. The van der Waals surface area contributed by atoms with Gasteiger partial charge in [-0.1, -0.05) is 48.0 Å². The van der Waals surface area contributed by atoms with E-state index >= 15 is 0 Å². The highest BCUT2D eigenvalue weighted by molar-refractivity contribution is 7.80. The summed E-state index contributed by atoms with van der Waals surface area (Å²) < 4.78 is 5.46. The van der Waals surface area contributed by atoms with Crippen molar-refractivity contribution in [2.75, 3.05) is 0 Å². The zero-order valence-corrected chi connectivity index (χ0v) is 11.2. The van der Waals surface area contributed by atoms with Gasteiger partial charge in [0.25, 0.3) is 5.17 Å². The molecule has 0 heterocycles. The molecule has 2 aromatic rings. The van der Waals surface area contributed by atoms with Crippen LogP contribution in [0.4, 0.5) is 0 Å². The summed E-state index contributed by atoms with van der Waals surface area (Å²) in [6, 6.07) is 15.7. The second-order valence-electron chi connectivity index (χ2n) is 4.01. The summed E-state index contributed by atoms with van der Waals surface area (Å²) in [6.45, 7) is 2.04. The van der Waals surface area contributed by atoms with E-state index in [4.69, 9.17) is 17.0 Å². The molecule has 0 saturated carbocycles. The minimum absolute atomic E-state index is 0.0366. The zero-order valence-electron chi connectivity index (χ0n) is 10.4. The topological polar surface area (TPSA) is 38.3 Å². The van der Waals surface area contributed by atoms with Crippen LogP contribution in [0.1, 0.15) is 5.56 Å². The largest absolute Gasteiger partial charge is 0.431 e. The van der Waals surface area contributed by atoms with E-state index in [0.29, 0.717) is 12.2 Å². The summed E-state index contributed by atoms with van der Waals surface area (Å²) >= 11 is 4.90. The van der Waals surface area contributed by atoms with E-state index in [1.807, 2.05) is 55.5 Å². The summed E-state index contributed by atoms with van der Waals surface area (Å²) in [5.74, 6) is 0.616. The second kappa shape index (κ2) is 6.11. The van der Waals surface area contributed by atoms with Gasteiger partial charge in [-0.25, -0.2) is 0 Å². The Labute approximate surface area is 117 Å². The number of para-hydroxylation sites is 1. The van der Waals surface area contributed by atoms with Crippen molar-refractivity contribution in [3.63, 3.8) is 0 Å². The van der Waals surface area contributed by atoms with Crippen molar-refractivity contribution < 1.29 is 9.53 Å². The highest BCUT2D eigenvalue weighted by Crippen LogP contribution is 2.29. The van der Waals surface area contributed by atoms with Crippen molar-refractivity contribution in [3.8, 4) is 16.9 Å². The standard InChI is InChI=1S/C15H13NO2S/c1-11-6-8-12(9-7-11)13-4-2-3-5-14(13)18-15(19)16-10-17/h2-10H,1H3,(H,16,17,19). The fourth-order valence-corrected chi connectivity index (χ4v) is 1.84. The van der Waals surface area contributed by atoms with Crippen LogP contribution >= 0.6 is 12.2 Å². The van der Waals surface area contributed by atoms with Gasteiger partial charge in [-0.3, -0.25) is 10.1 Å². The minimum atomic E-state index is 0.0366. The molecule has 1 amide bonds. The average molecular weight is 271 g/mol. The predicted molar refractivity (Wildman–Crippen MR) is 79.0 cm³/mol. The third-order valence-electron chi connectivity index (χ3n) is 2.63. The molecule has 0 radical (unpaired) electrons. The molecule has 0 fully saturated rings. The van der Waals surface area contributed by atoms with E-state index in [9.17, 15) is 4.79 Å². The van der Waals surface area contributed by atoms with E-state index in [0.717, 1.165) is 11.1 Å². The van der Waals surface area contributed by atoms with Crippen LogP contribution in [-0.2, 0) is 4.79 Å². The van der Waals surface area contributed by atoms with Gasteiger partial charge in [0, 0.05) is 5.56 Å². The van der Waals surface area contributed by atoms with Gasteiger partial charge in [0.1, 0.15) is 5.75 Å². The van der Waals surface area contributed by atoms with Crippen LogP contribution in [0.25, 0.3) is 11.1 Å². The SMILES string of the molecule is Cc1ccc(-c2ccccc2OC(=S)NC=O)cc1. The van der Waals surface area contributed by atoms with Crippen LogP contribution in [0.15, 0.2) is 48.5 Å². The van der Waals surface area contributed by atoms with Crippen molar-refractivity contribution in [3.05, 3.63) is 54.1 Å². The number of thiocarbonyl (C=S) groups is 1. The summed E-state index contributed by atoms with van der Waals surface area (Å²) in [5, 5.41) is 2.35. The zero-order chi connectivity index (χ0) is 13.7. The molecule has 0 aliphatic rings. The first kappa shape index (κ1) is 13.2. The van der Waals surface area contributed by atoms with Gasteiger partial charge < -0.3 is 4.74 Å². The molecule has 0 bridgehead atoms. The fraction of sp³-hybridized carbons (Fsp3) is 0.0667. The molecule has 0 saturated heterocycles. The Morgan fingerprint density at radius 1 is 1.16 bits per heavy atom. The van der Waals surface area contributed by atoms with Crippen LogP contribution in [0.2, 0.25) is 0 Å². The van der Waals surface area contributed by atoms with Crippen LogP contribution in [0, 0.1) is 6.92 Å². The molecule has 0 aliphatic carbocycles. The third-order valence-corrected chi connectivity index (χ3v) is 2.83. The molecule has 0 spiro atoms. The maximum atomic E-state index is 10.3.